The van der Waals surface area contributed by atoms with Gasteiger partial charge in [-0.25, -0.2) is 4.98 Å². The maximum absolute atomic E-state index is 11.5. The third-order valence-corrected chi connectivity index (χ3v) is 1.90. The van der Waals surface area contributed by atoms with E-state index in [0.29, 0.717) is 5.76 Å². The van der Waals surface area contributed by atoms with Crippen molar-refractivity contribution in [3.8, 4) is 0 Å². The van der Waals surface area contributed by atoms with Gasteiger partial charge in [0.25, 0.3) is 0 Å². The van der Waals surface area contributed by atoms with Crippen LogP contribution in [0.3, 0.4) is 0 Å². The Morgan fingerprint density at radius 1 is 1.54 bits per heavy atom. The molecule has 0 amide bonds. The highest BCUT2D eigenvalue weighted by Gasteiger charge is 2.24. The maximum atomic E-state index is 11.5. The van der Waals surface area contributed by atoms with Crippen molar-refractivity contribution in [1.29, 1.82) is 0 Å². The molecule has 2 rings (SSSR count). The predicted molar refractivity (Wildman–Crippen MR) is 45.7 cm³/mol. The van der Waals surface area contributed by atoms with Gasteiger partial charge in [0.1, 0.15) is 11.7 Å². The Morgan fingerprint density at radius 2 is 2.38 bits per heavy atom. The van der Waals surface area contributed by atoms with Crippen LogP contribution in [-0.4, -0.2) is 10.8 Å². The van der Waals surface area contributed by atoms with E-state index in [9.17, 15) is 4.79 Å². The fourth-order valence-corrected chi connectivity index (χ4v) is 1.22. The molecular formula is C9H8N2O2. The molecule has 1 heterocycles. The van der Waals surface area contributed by atoms with Gasteiger partial charge in [0.2, 0.25) is 0 Å². The van der Waals surface area contributed by atoms with Crippen molar-refractivity contribution in [3.63, 3.8) is 0 Å². The molecule has 0 saturated heterocycles. The molecule has 0 bridgehead atoms. The Bertz CT molecular complexity index is 376. The van der Waals surface area contributed by atoms with E-state index in [1.54, 1.807) is 18.2 Å². The van der Waals surface area contributed by atoms with Crippen LogP contribution in [0.4, 0.5) is 0 Å². The molecule has 0 spiro atoms. The van der Waals surface area contributed by atoms with Gasteiger partial charge >= 0.3 is 0 Å². The highest BCUT2D eigenvalue weighted by Crippen LogP contribution is 2.22. The van der Waals surface area contributed by atoms with Gasteiger partial charge in [0.05, 0.1) is 11.9 Å². The first-order valence-electron chi connectivity index (χ1n) is 3.85. The highest BCUT2D eigenvalue weighted by atomic mass is 16.3. The van der Waals surface area contributed by atoms with Crippen LogP contribution in [0.25, 0.3) is 0 Å². The average molecular weight is 176 g/mol. The summed E-state index contributed by atoms with van der Waals surface area (Å²) >= 11 is 0. The number of rotatable bonds is 1. The summed E-state index contributed by atoms with van der Waals surface area (Å²) < 4.78 is 5.03. The Morgan fingerprint density at radius 3 is 3.08 bits per heavy atom. The van der Waals surface area contributed by atoms with Crippen molar-refractivity contribution in [2.45, 2.75) is 5.92 Å². The van der Waals surface area contributed by atoms with Crippen LogP contribution in [0.15, 0.2) is 40.9 Å². The molecule has 1 aromatic rings. The SMILES string of the molecule is NC1=CC=CC(c2cnco2)C1=O. The first-order chi connectivity index (χ1) is 6.29. The standard InChI is InChI=1S/C9H8N2O2/c10-7-3-1-2-6(9(7)12)8-4-11-5-13-8/h1-6H,10H2. The van der Waals surface area contributed by atoms with Crippen molar-refractivity contribution >= 4 is 5.78 Å². The zero-order valence-corrected chi connectivity index (χ0v) is 6.81. The van der Waals surface area contributed by atoms with Gasteiger partial charge in [-0.15, -0.1) is 0 Å². The molecule has 66 valence electrons. The van der Waals surface area contributed by atoms with Gasteiger partial charge in [0.15, 0.2) is 12.2 Å². The number of carbonyl (C=O) groups is 1. The van der Waals surface area contributed by atoms with Gasteiger partial charge in [-0.1, -0.05) is 12.2 Å². The van der Waals surface area contributed by atoms with Gasteiger partial charge in [-0.05, 0) is 6.08 Å². The summed E-state index contributed by atoms with van der Waals surface area (Å²) in [6, 6.07) is 0. The fourth-order valence-electron chi connectivity index (χ4n) is 1.22. The Hall–Kier alpha value is -1.84. The minimum Gasteiger partial charge on any atom is -0.447 e. The number of aromatic nitrogens is 1. The summed E-state index contributed by atoms with van der Waals surface area (Å²) in [5, 5.41) is 0. The van der Waals surface area contributed by atoms with E-state index >= 15 is 0 Å². The molecule has 1 aliphatic rings. The van der Waals surface area contributed by atoms with Gasteiger partial charge < -0.3 is 10.2 Å². The zero-order valence-electron chi connectivity index (χ0n) is 6.81. The van der Waals surface area contributed by atoms with Crippen LogP contribution >= 0.6 is 0 Å². The van der Waals surface area contributed by atoms with E-state index in [0.717, 1.165) is 0 Å². The predicted octanol–water partition coefficient (Wildman–Crippen LogP) is 0.740. The molecule has 0 saturated carbocycles. The average Bonchev–Trinajstić information content (AvgIpc) is 2.62. The second kappa shape index (κ2) is 2.90. The summed E-state index contributed by atoms with van der Waals surface area (Å²) in [4.78, 5) is 15.2. The molecule has 1 aliphatic carbocycles. The Labute approximate surface area is 74.8 Å². The van der Waals surface area contributed by atoms with E-state index in [-0.39, 0.29) is 11.5 Å². The van der Waals surface area contributed by atoms with Crippen LogP contribution in [0.5, 0.6) is 0 Å². The third-order valence-electron chi connectivity index (χ3n) is 1.90. The molecule has 1 unspecified atom stereocenters. The molecule has 4 nitrogen and oxygen atoms in total. The first kappa shape index (κ1) is 7.79. The molecule has 1 aromatic heterocycles. The van der Waals surface area contributed by atoms with E-state index in [1.165, 1.54) is 12.6 Å². The molecule has 2 N–H and O–H groups in total. The molecule has 0 radical (unpaired) electrons. The molecular weight excluding hydrogens is 168 g/mol. The summed E-state index contributed by atoms with van der Waals surface area (Å²) in [5.74, 6) is -0.0240. The molecule has 0 fully saturated rings. The molecule has 1 atom stereocenters. The zero-order chi connectivity index (χ0) is 9.26. The lowest BCUT2D eigenvalue weighted by Gasteiger charge is -2.11. The highest BCUT2D eigenvalue weighted by molar-refractivity contribution is 6.01. The van der Waals surface area contributed by atoms with Crippen molar-refractivity contribution in [1.82, 2.24) is 4.98 Å². The third kappa shape index (κ3) is 1.26. The number of hydrogen-bond acceptors (Lipinski definition) is 4. The van der Waals surface area contributed by atoms with Crippen molar-refractivity contribution in [2.24, 2.45) is 5.73 Å². The molecule has 0 aromatic carbocycles. The number of ketones is 1. The second-order valence-electron chi connectivity index (χ2n) is 2.75. The monoisotopic (exact) mass is 176 g/mol. The summed E-state index contributed by atoms with van der Waals surface area (Å²) in [7, 11) is 0. The molecule has 13 heavy (non-hydrogen) atoms. The van der Waals surface area contributed by atoms with E-state index < -0.39 is 5.92 Å². The summed E-state index contributed by atoms with van der Waals surface area (Å²) in [5.41, 5.74) is 5.73. The number of nitrogens with two attached hydrogens (primary N) is 1. The largest absolute Gasteiger partial charge is 0.447 e. The minimum absolute atomic E-state index is 0.140. The summed E-state index contributed by atoms with van der Waals surface area (Å²) in [6.07, 6.45) is 7.87. The quantitative estimate of drug-likeness (QED) is 0.685. The van der Waals surface area contributed by atoms with Gasteiger partial charge in [-0.3, -0.25) is 4.79 Å². The lowest BCUT2D eigenvalue weighted by Crippen LogP contribution is -2.20. The topological polar surface area (TPSA) is 69.1 Å². The minimum atomic E-state index is -0.410. The normalized spacial score (nSPS) is 21.7. The number of nitrogens with zero attached hydrogens (tertiary/aromatic N) is 1. The van der Waals surface area contributed by atoms with Gasteiger partial charge in [-0.2, -0.15) is 0 Å². The van der Waals surface area contributed by atoms with E-state index in [2.05, 4.69) is 4.98 Å². The first-order valence-corrected chi connectivity index (χ1v) is 3.85. The smallest absolute Gasteiger partial charge is 0.192 e. The van der Waals surface area contributed by atoms with Crippen molar-refractivity contribution in [3.05, 3.63) is 42.3 Å². The van der Waals surface area contributed by atoms with Crippen LogP contribution in [0, 0.1) is 0 Å². The van der Waals surface area contributed by atoms with Crippen LogP contribution in [0.2, 0.25) is 0 Å². The number of allylic oxidation sites excluding steroid dienone is 4. The van der Waals surface area contributed by atoms with Crippen molar-refractivity contribution in [2.75, 3.05) is 0 Å². The van der Waals surface area contributed by atoms with Crippen LogP contribution < -0.4 is 5.73 Å². The Kier molecular flexibility index (Phi) is 1.73. The number of hydrogen-bond donors (Lipinski definition) is 1. The summed E-state index contributed by atoms with van der Waals surface area (Å²) in [6.45, 7) is 0. The van der Waals surface area contributed by atoms with E-state index in [1.807, 2.05) is 0 Å². The number of oxazole rings is 1. The van der Waals surface area contributed by atoms with Crippen LogP contribution in [0.1, 0.15) is 11.7 Å². The number of carbonyl (C=O) groups excluding carboxylic acids is 1. The van der Waals surface area contributed by atoms with Crippen LogP contribution in [-0.2, 0) is 4.79 Å². The molecule has 4 heteroatoms. The lowest BCUT2D eigenvalue weighted by molar-refractivity contribution is -0.116. The van der Waals surface area contributed by atoms with Gasteiger partial charge in [0, 0.05) is 0 Å². The number of Topliss-reactive ketones (excluding diaryl/α,β-unsaturated/α-hetero) is 1. The Balaban J connectivity index is 2.33. The maximum Gasteiger partial charge on any atom is 0.192 e. The fraction of sp³-hybridized carbons (Fsp3) is 0.111. The van der Waals surface area contributed by atoms with E-state index in [4.69, 9.17) is 10.2 Å². The molecule has 0 aliphatic heterocycles. The van der Waals surface area contributed by atoms with Crippen molar-refractivity contribution < 1.29 is 9.21 Å². The lowest BCUT2D eigenvalue weighted by atomic mass is 9.95. The second-order valence-corrected chi connectivity index (χ2v) is 2.75.